The molecule has 0 radical (unpaired) electrons. The Morgan fingerprint density at radius 2 is 2.19 bits per heavy atom. The fourth-order valence-corrected chi connectivity index (χ4v) is 1.84. The minimum atomic E-state index is -0.129. The second-order valence-electron chi connectivity index (χ2n) is 3.83. The Morgan fingerprint density at radius 3 is 2.81 bits per heavy atom. The van der Waals surface area contributed by atoms with E-state index in [1.54, 1.807) is 12.4 Å². The number of aromatic nitrogens is 2. The quantitative estimate of drug-likeness (QED) is 0.857. The zero-order chi connectivity index (χ0) is 11.4. The van der Waals surface area contributed by atoms with E-state index in [4.69, 9.17) is 9.47 Å². The van der Waals surface area contributed by atoms with Crippen molar-refractivity contribution in [2.75, 3.05) is 6.61 Å². The van der Waals surface area contributed by atoms with Gasteiger partial charge in [-0.15, -0.1) is 0 Å². The molecule has 0 bridgehead atoms. The molecule has 1 fully saturated rings. The lowest BCUT2D eigenvalue weighted by atomic mass is 10.2. The maximum absolute atomic E-state index is 5.75. The van der Waals surface area contributed by atoms with Crippen molar-refractivity contribution in [3.63, 3.8) is 0 Å². The Balaban J connectivity index is 1.91. The van der Waals surface area contributed by atoms with Crippen LogP contribution in [0.5, 0.6) is 0 Å². The van der Waals surface area contributed by atoms with Gasteiger partial charge in [0.05, 0.1) is 4.47 Å². The second kappa shape index (κ2) is 5.70. The van der Waals surface area contributed by atoms with Crippen molar-refractivity contribution >= 4 is 15.9 Å². The summed E-state index contributed by atoms with van der Waals surface area (Å²) < 4.78 is 12.1. The van der Waals surface area contributed by atoms with Gasteiger partial charge in [0.15, 0.2) is 12.1 Å². The van der Waals surface area contributed by atoms with Gasteiger partial charge in [-0.25, -0.2) is 9.97 Å². The Labute approximate surface area is 104 Å². The first kappa shape index (κ1) is 12.0. The van der Waals surface area contributed by atoms with Crippen molar-refractivity contribution in [1.29, 1.82) is 0 Å². The molecular formula is C11H15BrN2O2. The predicted octanol–water partition coefficient (Wildman–Crippen LogP) is 2.84. The Kier molecular flexibility index (Phi) is 4.26. The third-order valence-corrected chi connectivity index (χ3v) is 2.91. The van der Waals surface area contributed by atoms with Crippen LogP contribution in [0.15, 0.2) is 16.9 Å². The molecule has 5 heteroatoms. The minimum absolute atomic E-state index is 0.101. The summed E-state index contributed by atoms with van der Waals surface area (Å²) in [6.45, 7) is 2.74. The van der Waals surface area contributed by atoms with Crippen LogP contribution in [0, 0.1) is 0 Å². The number of rotatable bonds is 3. The molecule has 0 aliphatic carbocycles. The zero-order valence-corrected chi connectivity index (χ0v) is 10.8. The molecule has 0 spiro atoms. The van der Waals surface area contributed by atoms with Crippen molar-refractivity contribution < 1.29 is 9.47 Å². The lowest BCUT2D eigenvalue weighted by Crippen LogP contribution is -2.24. The fourth-order valence-electron chi connectivity index (χ4n) is 1.64. The van der Waals surface area contributed by atoms with Crippen molar-refractivity contribution in [3.05, 3.63) is 22.7 Å². The van der Waals surface area contributed by atoms with Crippen LogP contribution in [0.25, 0.3) is 0 Å². The molecule has 1 aliphatic heterocycles. The second-order valence-corrected chi connectivity index (χ2v) is 4.75. The van der Waals surface area contributed by atoms with E-state index in [1.807, 2.05) is 6.92 Å². The summed E-state index contributed by atoms with van der Waals surface area (Å²) in [6, 6.07) is 0. The van der Waals surface area contributed by atoms with Gasteiger partial charge in [-0.05, 0) is 42.1 Å². The number of nitrogens with zero attached hydrogens (tertiary/aromatic N) is 2. The first-order chi connectivity index (χ1) is 7.75. The van der Waals surface area contributed by atoms with Crippen molar-refractivity contribution in [3.8, 4) is 0 Å². The summed E-state index contributed by atoms with van der Waals surface area (Å²) in [5.41, 5.74) is 0. The van der Waals surface area contributed by atoms with Gasteiger partial charge in [0.2, 0.25) is 0 Å². The summed E-state index contributed by atoms with van der Waals surface area (Å²) in [5, 5.41) is 0. The normalized spacial score (nSPS) is 23.0. The maximum atomic E-state index is 5.75. The average molecular weight is 287 g/mol. The summed E-state index contributed by atoms with van der Waals surface area (Å²) in [5.74, 6) is 0.692. The molecule has 2 unspecified atom stereocenters. The van der Waals surface area contributed by atoms with E-state index in [0.717, 1.165) is 23.9 Å². The number of ether oxygens (including phenoxy) is 2. The van der Waals surface area contributed by atoms with E-state index < -0.39 is 0 Å². The van der Waals surface area contributed by atoms with Crippen molar-refractivity contribution in [2.45, 2.75) is 38.6 Å². The SMILES string of the molecule is CC(OC1CCCCO1)c1ncc(Br)cn1. The molecule has 16 heavy (non-hydrogen) atoms. The van der Waals surface area contributed by atoms with Gasteiger partial charge in [0.1, 0.15) is 6.10 Å². The third kappa shape index (κ3) is 3.23. The van der Waals surface area contributed by atoms with E-state index in [1.165, 1.54) is 6.42 Å². The number of hydrogen-bond acceptors (Lipinski definition) is 4. The minimum Gasteiger partial charge on any atom is -0.353 e. The monoisotopic (exact) mass is 286 g/mol. The predicted molar refractivity (Wildman–Crippen MR) is 62.8 cm³/mol. The zero-order valence-electron chi connectivity index (χ0n) is 9.23. The van der Waals surface area contributed by atoms with Gasteiger partial charge in [-0.2, -0.15) is 0 Å². The summed E-state index contributed by atoms with van der Waals surface area (Å²) in [4.78, 5) is 8.41. The highest BCUT2D eigenvalue weighted by Crippen LogP contribution is 2.21. The van der Waals surface area contributed by atoms with Gasteiger partial charge in [-0.3, -0.25) is 0 Å². The molecule has 1 aromatic heterocycles. The van der Waals surface area contributed by atoms with Crippen LogP contribution in [0.3, 0.4) is 0 Å². The first-order valence-electron chi connectivity index (χ1n) is 5.50. The highest BCUT2D eigenvalue weighted by Gasteiger charge is 2.19. The summed E-state index contributed by atoms with van der Waals surface area (Å²) in [7, 11) is 0. The number of hydrogen-bond donors (Lipinski definition) is 0. The van der Waals surface area contributed by atoms with E-state index in [-0.39, 0.29) is 12.4 Å². The molecule has 0 aromatic carbocycles. The fraction of sp³-hybridized carbons (Fsp3) is 0.636. The number of halogens is 1. The van der Waals surface area contributed by atoms with Crippen molar-refractivity contribution in [1.82, 2.24) is 9.97 Å². The smallest absolute Gasteiger partial charge is 0.158 e. The van der Waals surface area contributed by atoms with Gasteiger partial charge < -0.3 is 9.47 Å². The standard InChI is InChI=1S/C11H15BrN2O2/c1-8(11-13-6-9(12)7-14-11)16-10-4-2-3-5-15-10/h6-8,10H,2-5H2,1H3. The Morgan fingerprint density at radius 1 is 1.44 bits per heavy atom. The molecule has 2 atom stereocenters. The highest BCUT2D eigenvalue weighted by molar-refractivity contribution is 9.10. The molecule has 0 saturated carbocycles. The van der Waals surface area contributed by atoms with Crippen LogP contribution < -0.4 is 0 Å². The van der Waals surface area contributed by atoms with Crippen LogP contribution in [-0.2, 0) is 9.47 Å². The summed E-state index contributed by atoms with van der Waals surface area (Å²) >= 11 is 3.30. The van der Waals surface area contributed by atoms with Gasteiger partial charge in [-0.1, -0.05) is 0 Å². The van der Waals surface area contributed by atoms with Crippen molar-refractivity contribution in [2.24, 2.45) is 0 Å². The van der Waals surface area contributed by atoms with E-state index in [9.17, 15) is 0 Å². The largest absolute Gasteiger partial charge is 0.353 e. The lowest BCUT2D eigenvalue weighted by molar-refractivity contribution is -0.187. The molecule has 1 aromatic rings. The molecule has 2 heterocycles. The molecule has 2 rings (SSSR count). The van der Waals surface area contributed by atoms with Gasteiger partial charge in [0, 0.05) is 19.0 Å². The molecule has 88 valence electrons. The average Bonchev–Trinajstić information content (AvgIpc) is 2.31. The van der Waals surface area contributed by atoms with Crippen LogP contribution >= 0.6 is 15.9 Å². The Hall–Kier alpha value is -0.520. The topological polar surface area (TPSA) is 44.2 Å². The molecular weight excluding hydrogens is 272 g/mol. The van der Waals surface area contributed by atoms with Crippen LogP contribution in [0.2, 0.25) is 0 Å². The molecule has 0 N–H and O–H groups in total. The van der Waals surface area contributed by atoms with E-state index >= 15 is 0 Å². The molecule has 1 saturated heterocycles. The van der Waals surface area contributed by atoms with Crippen LogP contribution in [-0.4, -0.2) is 22.9 Å². The van der Waals surface area contributed by atoms with E-state index in [2.05, 4.69) is 25.9 Å². The van der Waals surface area contributed by atoms with Crippen LogP contribution in [0.4, 0.5) is 0 Å². The third-order valence-electron chi connectivity index (χ3n) is 2.50. The maximum Gasteiger partial charge on any atom is 0.158 e. The lowest BCUT2D eigenvalue weighted by Gasteiger charge is -2.25. The summed E-state index contributed by atoms with van der Waals surface area (Å²) in [6.07, 6.45) is 6.48. The van der Waals surface area contributed by atoms with Gasteiger partial charge >= 0.3 is 0 Å². The highest BCUT2D eigenvalue weighted by atomic mass is 79.9. The Bertz CT molecular complexity index is 325. The first-order valence-corrected chi connectivity index (χ1v) is 6.29. The molecule has 4 nitrogen and oxygen atoms in total. The van der Waals surface area contributed by atoms with Gasteiger partial charge in [0.25, 0.3) is 0 Å². The van der Waals surface area contributed by atoms with E-state index in [0.29, 0.717) is 5.82 Å². The van der Waals surface area contributed by atoms with Crippen LogP contribution in [0.1, 0.15) is 38.1 Å². The molecule has 1 aliphatic rings. The molecule has 0 amide bonds.